The van der Waals surface area contributed by atoms with E-state index in [-0.39, 0.29) is 18.2 Å². The van der Waals surface area contributed by atoms with Gasteiger partial charge in [-0.3, -0.25) is 14.4 Å². The lowest BCUT2D eigenvalue weighted by Gasteiger charge is -2.18. The second kappa shape index (κ2) is 9.35. The number of hydrogen-bond acceptors (Lipinski definition) is 7. The molecule has 1 aliphatic rings. The van der Waals surface area contributed by atoms with Crippen LogP contribution in [0.3, 0.4) is 0 Å². The lowest BCUT2D eigenvalue weighted by Crippen LogP contribution is -2.20. The number of aromatic nitrogens is 1. The van der Waals surface area contributed by atoms with Gasteiger partial charge in [0.15, 0.2) is 22.1 Å². The highest BCUT2D eigenvalue weighted by Crippen LogP contribution is 2.35. The summed E-state index contributed by atoms with van der Waals surface area (Å²) in [4.78, 5) is 41.0. The first-order valence-electron chi connectivity index (χ1n) is 10.2. The van der Waals surface area contributed by atoms with Crippen LogP contribution in [-0.2, 0) is 16.1 Å². The van der Waals surface area contributed by atoms with Crippen LogP contribution in [0.2, 0.25) is 0 Å². The molecule has 0 bridgehead atoms. The van der Waals surface area contributed by atoms with E-state index in [2.05, 4.69) is 4.99 Å². The molecule has 0 spiro atoms. The minimum absolute atomic E-state index is 0.0735. The molecular formula is C23H22N2O6S. The number of ether oxygens (including phenoxy) is 3. The number of carbonyl (C=O) groups excluding carboxylic acids is 3. The number of benzene rings is 2. The van der Waals surface area contributed by atoms with E-state index in [1.54, 1.807) is 31.2 Å². The standard InChI is InChI=1S/C23H22N2O6S/c1-3-29-21(27)8-9-25-17-12-18-19(31-11-10-30-18)13-20(17)32-23(25)24-22(28)16-6-4-15(5-7-16)14(2)26/h4-7,12-13H,3,8-11H2,1-2H3. The molecule has 9 heteroatoms. The fraction of sp³-hybridized carbons (Fsp3) is 0.304. The Bertz CT molecular complexity index is 1260. The predicted molar refractivity (Wildman–Crippen MR) is 118 cm³/mol. The maximum absolute atomic E-state index is 12.8. The summed E-state index contributed by atoms with van der Waals surface area (Å²) in [7, 11) is 0. The summed E-state index contributed by atoms with van der Waals surface area (Å²) in [5.41, 5.74) is 1.69. The average Bonchev–Trinajstić information content (AvgIpc) is 3.11. The first-order valence-corrected chi connectivity index (χ1v) is 11.1. The van der Waals surface area contributed by atoms with Gasteiger partial charge in [0.2, 0.25) is 0 Å². The number of aryl methyl sites for hydroxylation is 1. The molecule has 166 valence electrons. The minimum Gasteiger partial charge on any atom is -0.486 e. The predicted octanol–water partition coefficient (Wildman–Crippen LogP) is 3.37. The number of thiazole rings is 1. The molecule has 1 amide bonds. The molecule has 3 aromatic rings. The first kappa shape index (κ1) is 21.8. The van der Waals surface area contributed by atoms with Crippen molar-refractivity contribution in [2.45, 2.75) is 26.8 Å². The summed E-state index contributed by atoms with van der Waals surface area (Å²) >= 11 is 1.33. The zero-order chi connectivity index (χ0) is 22.7. The zero-order valence-electron chi connectivity index (χ0n) is 17.8. The summed E-state index contributed by atoms with van der Waals surface area (Å²) in [6.07, 6.45) is 0.142. The summed E-state index contributed by atoms with van der Waals surface area (Å²) in [6, 6.07) is 10.1. The van der Waals surface area contributed by atoms with E-state index < -0.39 is 5.91 Å². The van der Waals surface area contributed by atoms with E-state index in [4.69, 9.17) is 14.2 Å². The van der Waals surface area contributed by atoms with Gasteiger partial charge in [-0.05, 0) is 26.0 Å². The summed E-state index contributed by atoms with van der Waals surface area (Å²) < 4.78 is 19.1. The van der Waals surface area contributed by atoms with Gasteiger partial charge >= 0.3 is 5.97 Å². The number of hydrogen-bond donors (Lipinski definition) is 0. The van der Waals surface area contributed by atoms with E-state index in [0.29, 0.717) is 53.8 Å². The maximum Gasteiger partial charge on any atom is 0.307 e. The van der Waals surface area contributed by atoms with Crippen LogP contribution in [0.25, 0.3) is 10.2 Å². The Hall–Kier alpha value is -3.46. The molecular weight excluding hydrogens is 432 g/mol. The van der Waals surface area contributed by atoms with Gasteiger partial charge in [0, 0.05) is 29.8 Å². The van der Waals surface area contributed by atoms with Crippen molar-refractivity contribution in [2.24, 2.45) is 4.99 Å². The quantitative estimate of drug-likeness (QED) is 0.419. The molecule has 0 aliphatic carbocycles. The Morgan fingerprint density at radius 1 is 1.06 bits per heavy atom. The smallest absolute Gasteiger partial charge is 0.307 e. The Morgan fingerprint density at radius 2 is 1.72 bits per heavy atom. The fourth-order valence-electron chi connectivity index (χ4n) is 3.34. The van der Waals surface area contributed by atoms with Crippen LogP contribution in [0.15, 0.2) is 41.4 Å². The summed E-state index contributed by atoms with van der Waals surface area (Å²) in [5, 5.41) is 0. The molecule has 0 N–H and O–H groups in total. The van der Waals surface area contributed by atoms with Crippen molar-refractivity contribution in [3.63, 3.8) is 0 Å². The van der Waals surface area contributed by atoms with Crippen molar-refractivity contribution in [3.05, 3.63) is 52.3 Å². The third kappa shape index (κ3) is 4.57. The Kier molecular flexibility index (Phi) is 6.36. The van der Waals surface area contributed by atoms with Gasteiger partial charge in [0.25, 0.3) is 5.91 Å². The van der Waals surface area contributed by atoms with Crippen LogP contribution in [0.1, 0.15) is 41.0 Å². The van der Waals surface area contributed by atoms with Gasteiger partial charge in [-0.15, -0.1) is 0 Å². The van der Waals surface area contributed by atoms with Gasteiger partial charge in [-0.1, -0.05) is 23.5 Å². The Morgan fingerprint density at radius 3 is 2.38 bits per heavy atom. The molecule has 4 rings (SSSR count). The molecule has 2 heterocycles. The van der Waals surface area contributed by atoms with Crippen molar-refractivity contribution in [2.75, 3.05) is 19.8 Å². The molecule has 0 saturated heterocycles. The molecule has 0 unspecified atom stereocenters. The van der Waals surface area contributed by atoms with Crippen molar-refractivity contribution in [3.8, 4) is 11.5 Å². The number of carbonyl (C=O) groups is 3. The molecule has 1 aromatic heterocycles. The molecule has 2 aromatic carbocycles. The average molecular weight is 455 g/mol. The Balaban J connectivity index is 1.75. The number of amides is 1. The van der Waals surface area contributed by atoms with E-state index in [9.17, 15) is 14.4 Å². The molecule has 32 heavy (non-hydrogen) atoms. The van der Waals surface area contributed by atoms with Gasteiger partial charge in [0.1, 0.15) is 13.2 Å². The molecule has 1 aliphatic heterocycles. The third-order valence-corrected chi connectivity index (χ3v) is 5.97. The van der Waals surface area contributed by atoms with Gasteiger partial charge < -0.3 is 18.8 Å². The number of fused-ring (bicyclic) bond motifs is 2. The van der Waals surface area contributed by atoms with Crippen molar-refractivity contribution in [1.29, 1.82) is 0 Å². The largest absolute Gasteiger partial charge is 0.486 e. The number of ketones is 1. The lowest BCUT2D eigenvalue weighted by molar-refractivity contribution is -0.143. The van der Waals surface area contributed by atoms with Crippen LogP contribution in [0, 0.1) is 0 Å². The number of nitrogens with zero attached hydrogens (tertiary/aromatic N) is 2. The Labute approximate surface area is 188 Å². The van der Waals surface area contributed by atoms with Crippen LogP contribution >= 0.6 is 11.3 Å². The highest BCUT2D eigenvalue weighted by Gasteiger charge is 2.18. The van der Waals surface area contributed by atoms with Crippen molar-refractivity contribution < 1.29 is 28.6 Å². The second-order valence-electron chi connectivity index (χ2n) is 7.11. The highest BCUT2D eigenvalue weighted by atomic mass is 32.1. The first-order chi connectivity index (χ1) is 15.5. The van der Waals surface area contributed by atoms with Crippen molar-refractivity contribution >= 4 is 39.2 Å². The second-order valence-corrected chi connectivity index (χ2v) is 8.11. The van der Waals surface area contributed by atoms with E-state index >= 15 is 0 Å². The highest BCUT2D eigenvalue weighted by molar-refractivity contribution is 7.16. The zero-order valence-corrected chi connectivity index (χ0v) is 18.6. The molecule has 0 atom stereocenters. The van der Waals surface area contributed by atoms with Crippen molar-refractivity contribution in [1.82, 2.24) is 4.57 Å². The van der Waals surface area contributed by atoms with Gasteiger partial charge in [-0.25, -0.2) is 0 Å². The number of esters is 1. The molecule has 8 nitrogen and oxygen atoms in total. The fourth-order valence-corrected chi connectivity index (χ4v) is 4.41. The van der Waals surface area contributed by atoms with Crippen LogP contribution in [0.4, 0.5) is 0 Å². The third-order valence-electron chi connectivity index (χ3n) is 4.93. The topological polar surface area (TPSA) is 96.2 Å². The maximum atomic E-state index is 12.8. The van der Waals surface area contributed by atoms with Crippen LogP contribution in [0.5, 0.6) is 11.5 Å². The lowest BCUT2D eigenvalue weighted by atomic mass is 10.1. The summed E-state index contributed by atoms with van der Waals surface area (Å²) in [5.74, 6) is 0.419. The molecule has 0 radical (unpaired) electrons. The van der Waals surface area contributed by atoms with E-state index in [0.717, 1.165) is 10.2 Å². The van der Waals surface area contributed by atoms with E-state index in [1.807, 2.05) is 16.7 Å². The van der Waals surface area contributed by atoms with Gasteiger partial charge in [-0.2, -0.15) is 4.99 Å². The SMILES string of the molecule is CCOC(=O)CCn1c(=NC(=O)c2ccc(C(C)=O)cc2)sc2cc3c(cc21)OCCO3. The monoisotopic (exact) mass is 454 g/mol. The number of Topliss-reactive ketones (excluding diaryl/α,β-unsaturated/α-hetero) is 1. The minimum atomic E-state index is -0.436. The van der Waals surface area contributed by atoms with Crippen LogP contribution < -0.4 is 14.3 Å². The number of rotatable bonds is 6. The summed E-state index contributed by atoms with van der Waals surface area (Å²) in [6.45, 7) is 4.76. The van der Waals surface area contributed by atoms with Gasteiger partial charge in [0.05, 0.1) is 23.2 Å². The normalized spacial score (nSPS) is 13.2. The van der Waals surface area contributed by atoms with Crippen LogP contribution in [-0.4, -0.2) is 42.0 Å². The van der Waals surface area contributed by atoms with E-state index in [1.165, 1.54) is 18.3 Å². The molecule has 0 fully saturated rings. The molecule has 0 saturated carbocycles.